The molecule has 0 aliphatic carbocycles. The van der Waals surface area contributed by atoms with E-state index in [1.807, 2.05) is 0 Å². The Labute approximate surface area is 113 Å². The largest absolute Gasteiger partial charge is 0.332 e. The van der Waals surface area contributed by atoms with Crippen LogP contribution in [0.1, 0.15) is 0 Å². The zero-order chi connectivity index (χ0) is 13.8. The summed E-state index contributed by atoms with van der Waals surface area (Å²) in [6, 6.07) is 8.62. The van der Waals surface area contributed by atoms with E-state index < -0.39 is 11.6 Å². The summed E-state index contributed by atoms with van der Waals surface area (Å²) in [7, 11) is 0. The molecule has 0 saturated carbocycles. The summed E-state index contributed by atoms with van der Waals surface area (Å²) in [4.78, 5) is 0. The minimum Gasteiger partial charge on any atom is -0.332 e. The smallest absolute Gasteiger partial charge is 0.175 e. The first kappa shape index (κ1) is 13.4. The molecule has 0 fully saturated rings. The van der Waals surface area contributed by atoms with Gasteiger partial charge in [-0.05, 0) is 48.6 Å². The molecule has 0 amide bonds. The molecule has 6 heteroatoms. The van der Waals surface area contributed by atoms with Crippen LogP contribution in [0.3, 0.4) is 0 Å². The SMILES string of the molecule is Fc1ccc(NC(=S)Nc2ccc(F)cc2F)cc1. The lowest BCUT2D eigenvalue weighted by Crippen LogP contribution is -2.19. The molecule has 2 aromatic carbocycles. The lowest BCUT2D eigenvalue weighted by Gasteiger charge is -2.11. The molecule has 0 heterocycles. The first-order valence-corrected chi connectivity index (χ1v) is 5.74. The van der Waals surface area contributed by atoms with Crippen LogP contribution in [-0.4, -0.2) is 5.11 Å². The van der Waals surface area contributed by atoms with Crippen LogP contribution in [0.25, 0.3) is 0 Å². The van der Waals surface area contributed by atoms with Crippen molar-refractivity contribution in [1.82, 2.24) is 0 Å². The molecule has 0 aliphatic heterocycles. The Balaban J connectivity index is 2.03. The molecule has 0 aliphatic rings. The maximum Gasteiger partial charge on any atom is 0.175 e. The fourth-order valence-corrected chi connectivity index (χ4v) is 1.64. The Morgan fingerprint density at radius 3 is 2.11 bits per heavy atom. The zero-order valence-corrected chi connectivity index (χ0v) is 10.4. The van der Waals surface area contributed by atoms with Gasteiger partial charge in [0.05, 0.1) is 5.69 Å². The summed E-state index contributed by atoms with van der Waals surface area (Å²) in [5, 5.41) is 5.46. The molecule has 2 rings (SSSR count). The van der Waals surface area contributed by atoms with Crippen LogP contribution >= 0.6 is 12.2 Å². The lowest BCUT2D eigenvalue weighted by molar-refractivity contribution is 0.586. The van der Waals surface area contributed by atoms with Crippen molar-refractivity contribution in [3.8, 4) is 0 Å². The third kappa shape index (κ3) is 3.69. The molecule has 98 valence electrons. The highest BCUT2D eigenvalue weighted by Crippen LogP contribution is 2.16. The monoisotopic (exact) mass is 282 g/mol. The van der Waals surface area contributed by atoms with Crippen molar-refractivity contribution in [1.29, 1.82) is 0 Å². The molecule has 0 atom stereocenters. The number of hydrogen-bond donors (Lipinski definition) is 2. The second kappa shape index (κ2) is 5.71. The first-order chi connectivity index (χ1) is 9.04. The summed E-state index contributed by atoms with van der Waals surface area (Å²) >= 11 is 4.97. The van der Waals surface area contributed by atoms with Crippen LogP contribution in [0, 0.1) is 17.5 Å². The first-order valence-electron chi connectivity index (χ1n) is 5.33. The number of hydrogen-bond acceptors (Lipinski definition) is 1. The van der Waals surface area contributed by atoms with Crippen molar-refractivity contribution < 1.29 is 13.2 Å². The molecular formula is C13H9F3N2S. The van der Waals surface area contributed by atoms with Crippen molar-refractivity contribution >= 4 is 28.7 Å². The predicted octanol–water partition coefficient (Wildman–Crippen LogP) is 3.91. The standard InChI is InChI=1S/C13H9F3N2S/c14-8-1-4-10(5-2-8)17-13(19)18-12-6-3-9(15)7-11(12)16/h1-7H,(H2,17,18,19). The second-order valence-corrected chi connectivity index (χ2v) is 4.12. The molecule has 0 bridgehead atoms. The number of benzene rings is 2. The van der Waals surface area contributed by atoms with E-state index in [4.69, 9.17) is 12.2 Å². The summed E-state index contributed by atoms with van der Waals surface area (Å²) in [6.07, 6.45) is 0. The number of nitrogens with one attached hydrogen (secondary N) is 2. The van der Waals surface area contributed by atoms with Gasteiger partial charge in [0.15, 0.2) is 5.11 Å². The van der Waals surface area contributed by atoms with Crippen LogP contribution in [0.15, 0.2) is 42.5 Å². The van der Waals surface area contributed by atoms with Gasteiger partial charge in [0.2, 0.25) is 0 Å². The molecule has 0 aromatic heterocycles. The highest BCUT2D eigenvalue weighted by atomic mass is 32.1. The Bertz CT molecular complexity index is 599. The summed E-state index contributed by atoms with van der Waals surface area (Å²) in [5.74, 6) is -1.78. The maximum absolute atomic E-state index is 13.4. The summed E-state index contributed by atoms with van der Waals surface area (Å²) < 4.78 is 38.8. The average Bonchev–Trinajstić information content (AvgIpc) is 2.36. The van der Waals surface area contributed by atoms with Gasteiger partial charge in [-0.2, -0.15) is 0 Å². The van der Waals surface area contributed by atoms with E-state index in [2.05, 4.69) is 10.6 Å². The van der Waals surface area contributed by atoms with Gasteiger partial charge in [-0.1, -0.05) is 0 Å². The summed E-state index contributed by atoms with van der Waals surface area (Å²) in [5.41, 5.74) is 0.613. The van der Waals surface area contributed by atoms with E-state index in [-0.39, 0.29) is 16.6 Å². The quantitative estimate of drug-likeness (QED) is 0.817. The molecule has 0 unspecified atom stereocenters. The van der Waals surface area contributed by atoms with Crippen LogP contribution < -0.4 is 10.6 Å². The van der Waals surface area contributed by atoms with E-state index in [0.717, 1.165) is 12.1 Å². The molecule has 0 saturated heterocycles. The second-order valence-electron chi connectivity index (χ2n) is 3.71. The van der Waals surface area contributed by atoms with Crippen LogP contribution in [-0.2, 0) is 0 Å². The molecule has 0 radical (unpaired) electrons. The van der Waals surface area contributed by atoms with Crippen molar-refractivity contribution in [3.63, 3.8) is 0 Å². The molecule has 19 heavy (non-hydrogen) atoms. The van der Waals surface area contributed by atoms with Crippen molar-refractivity contribution in [3.05, 3.63) is 59.9 Å². The minimum absolute atomic E-state index is 0.0565. The molecule has 2 N–H and O–H groups in total. The lowest BCUT2D eigenvalue weighted by atomic mass is 10.3. The number of anilines is 2. The molecule has 2 aromatic rings. The highest BCUT2D eigenvalue weighted by Gasteiger charge is 2.05. The van der Waals surface area contributed by atoms with Crippen LogP contribution in [0.5, 0.6) is 0 Å². The van der Waals surface area contributed by atoms with E-state index in [1.54, 1.807) is 0 Å². The van der Waals surface area contributed by atoms with E-state index in [0.29, 0.717) is 5.69 Å². The highest BCUT2D eigenvalue weighted by molar-refractivity contribution is 7.80. The van der Waals surface area contributed by atoms with E-state index >= 15 is 0 Å². The maximum atomic E-state index is 13.4. The zero-order valence-electron chi connectivity index (χ0n) is 9.58. The fourth-order valence-electron chi connectivity index (χ4n) is 1.41. The van der Waals surface area contributed by atoms with Gasteiger partial charge in [-0.3, -0.25) is 0 Å². The third-order valence-electron chi connectivity index (χ3n) is 2.28. The normalized spacial score (nSPS) is 10.1. The number of thiocarbonyl (C=S) groups is 1. The Morgan fingerprint density at radius 1 is 0.842 bits per heavy atom. The number of halogens is 3. The summed E-state index contributed by atoms with van der Waals surface area (Å²) in [6.45, 7) is 0. The molecule has 2 nitrogen and oxygen atoms in total. The topological polar surface area (TPSA) is 24.1 Å². The van der Waals surface area contributed by atoms with E-state index in [9.17, 15) is 13.2 Å². The van der Waals surface area contributed by atoms with Crippen LogP contribution in [0.2, 0.25) is 0 Å². The van der Waals surface area contributed by atoms with Gasteiger partial charge in [0.25, 0.3) is 0 Å². The van der Waals surface area contributed by atoms with Gasteiger partial charge in [-0.15, -0.1) is 0 Å². The van der Waals surface area contributed by atoms with Crippen molar-refractivity contribution in [2.45, 2.75) is 0 Å². The Hall–Kier alpha value is -2.08. The third-order valence-corrected chi connectivity index (χ3v) is 2.49. The van der Waals surface area contributed by atoms with E-state index in [1.165, 1.54) is 30.3 Å². The van der Waals surface area contributed by atoms with Gasteiger partial charge in [0.1, 0.15) is 17.5 Å². The Kier molecular flexibility index (Phi) is 4.01. The van der Waals surface area contributed by atoms with Gasteiger partial charge >= 0.3 is 0 Å². The fraction of sp³-hybridized carbons (Fsp3) is 0. The van der Waals surface area contributed by atoms with Crippen LogP contribution in [0.4, 0.5) is 24.5 Å². The predicted molar refractivity (Wildman–Crippen MR) is 72.6 cm³/mol. The van der Waals surface area contributed by atoms with Crippen molar-refractivity contribution in [2.75, 3.05) is 10.6 Å². The molecule has 0 spiro atoms. The average molecular weight is 282 g/mol. The molecular weight excluding hydrogens is 273 g/mol. The number of rotatable bonds is 2. The Morgan fingerprint density at radius 2 is 1.47 bits per heavy atom. The van der Waals surface area contributed by atoms with Gasteiger partial charge < -0.3 is 10.6 Å². The van der Waals surface area contributed by atoms with Crippen molar-refractivity contribution in [2.24, 2.45) is 0 Å². The van der Waals surface area contributed by atoms with Gasteiger partial charge in [-0.25, -0.2) is 13.2 Å². The van der Waals surface area contributed by atoms with Gasteiger partial charge in [0, 0.05) is 11.8 Å². The minimum atomic E-state index is -0.747.